The van der Waals surface area contributed by atoms with Crippen LogP contribution in [-0.2, 0) is 6.42 Å². The molecular formula is C17H19N3O. The van der Waals surface area contributed by atoms with E-state index in [0.717, 1.165) is 50.0 Å². The zero-order chi connectivity index (χ0) is 14.2. The summed E-state index contributed by atoms with van der Waals surface area (Å²) in [6.07, 6.45) is 0.904. The van der Waals surface area contributed by atoms with Gasteiger partial charge >= 0.3 is 0 Å². The molecule has 1 fully saturated rings. The van der Waals surface area contributed by atoms with Gasteiger partial charge in [0.05, 0.1) is 0 Å². The number of ether oxygens (including phenoxy) is 1. The summed E-state index contributed by atoms with van der Waals surface area (Å²) < 4.78 is 5.98. The SMILES string of the molecule is CN1CCN(c2ccc3c(n2)Oc2ccccc2C3)CC1. The third kappa shape index (κ3) is 2.36. The zero-order valence-corrected chi connectivity index (χ0v) is 12.2. The Morgan fingerprint density at radius 1 is 0.952 bits per heavy atom. The minimum Gasteiger partial charge on any atom is -0.438 e. The number of fused-ring (bicyclic) bond motifs is 2. The van der Waals surface area contributed by atoms with Gasteiger partial charge in [-0.1, -0.05) is 18.2 Å². The second kappa shape index (κ2) is 5.04. The van der Waals surface area contributed by atoms with E-state index in [9.17, 15) is 0 Å². The van der Waals surface area contributed by atoms with Crippen molar-refractivity contribution in [1.82, 2.24) is 9.88 Å². The Morgan fingerprint density at radius 3 is 2.62 bits per heavy atom. The van der Waals surface area contributed by atoms with Crippen LogP contribution in [0.1, 0.15) is 11.1 Å². The lowest BCUT2D eigenvalue weighted by atomic mass is 10.0. The van der Waals surface area contributed by atoms with Crippen LogP contribution in [0.3, 0.4) is 0 Å². The number of hydrogen-bond acceptors (Lipinski definition) is 4. The predicted octanol–water partition coefficient (Wildman–Crippen LogP) is 2.53. The van der Waals surface area contributed by atoms with Gasteiger partial charge in [-0.05, 0) is 30.8 Å². The lowest BCUT2D eigenvalue weighted by molar-refractivity contribution is 0.311. The molecule has 2 aromatic rings. The van der Waals surface area contributed by atoms with Gasteiger partial charge in [-0.15, -0.1) is 0 Å². The van der Waals surface area contributed by atoms with E-state index < -0.39 is 0 Å². The first-order chi connectivity index (χ1) is 10.3. The molecule has 0 aliphatic carbocycles. The van der Waals surface area contributed by atoms with Crippen LogP contribution >= 0.6 is 0 Å². The van der Waals surface area contributed by atoms with E-state index in [4.69, 9.17) is 9.72 Å². The van der Waals surface area contributed by atoms with Crippen molar-refractivity contribution < 1.29 is 4.74 Å². The van der Waals surface area contributed by atoms with Crippen LogP contribution in [0.4, 0.5) is 5.82 Å². The average Bonchev–Trinajstić information content (AvgIpc) is 2.53. The number of likely N-dealkylation sites (N-methyl/N-ethyl adjacent to an activating group) is 1. The Bertz CT molecular complexity index is 663. The van der Waals surface area contributed by atoms with Gasteiger partial charge in [0.25, 0.3) is 0 Å². The van der Waals surface area contributed by atoms with Crippen molar-refractivity contribution in [3.05, 3.63) is 47.5 Å². The average molecular weight is 281 g/mol. The van der Waals surface area contributed by atoms with E-state index in [2.05, 4.69) is 41.1 Å². The molecule has 2 aliphatic rings. The molecule has 108 valence electrons. The summed E-state index contributed by atoms with van der Waals surface area (Å²) >= 11 is 0. The first-order valence-corrected chi connectivity index (χ1v) is 7.49. The Hall–Kier alpha value is -2.07. The zero-order valence-electron chi connectivity index (χ0n) is 12.2. The fraction of sp³-hybridized carbons (Fsp3) is 0.353. The number of pyridine rings is 1. The molecule has 0 bridgehead atoms. The first kappa shape index (κ1) is 12.7. The van der Waals surface area contributed by atoms with Crippen LogP contribution in [0.2, 0.25) is 0 Å². The van der Waals surface area contributed by atoms with E-state index in [1.54, 1.807) is 0 Å². The molecule has 3 heterocycles. The van der Waals surface area contributed by atoms with Gasteiger partial charge in [0.2, 0.25) is 5.88 Å². The molecular weight excluding hydrogens is 262 g/mol. The fourth-order valence-electron chi connectivity index (χ4n) is 2.95. The van der Waals surface area contributed by atoms with Gasteiger partial charge in [-0.3, -0.25) is 0 Å². The van der Waals surface area contributed by atoms with Crippen molar-refractivity contribution in [3.8, 4) is 11.6 Å². The molecule has 0 radical (unpaired) electrons. The van der Waals surface area contributed by atoms with Gasteiger partial charge in [-0.25, -0.2) is 0 Å². The van der Waals surface area contributed by atoms with Crippen molar-refractivity contribution in [2.24, 2.45) is 0 Å². The third-order valence-electron chi connectivity index (χ3n) is 4.31. The molecule has 0 unspecified atom stereocenters. The Morgan fingerprint density at radius 2 is 1.76 bits per heavy atom. The van der Waals surface area contributed by atoms with E-state index >= 15 is 0 Å². The minimum atomic E-state index is 0.769. The highest BCUT2D eigenvalue weighted by atomic mass is 16.5. The van der Waals surface area contributed by atoms with Crippen LogP contribution in [-0.4, -0.2) is 43.1 Å². The Balaban J connectivity index is 1.61. The molecule has 1 aromatic heterocycles. The largest absolute Gasteiger partial charge is 0.438 e. The molecule has 0 amide bonds. The van der Waals surface area contributed by atoms with Crippen molar-refractivity contribution in [3.63, 3.8) is 0 Å². The number of anilines is 1. The number of benzene rings is 1. The van der Waals surface area contributed by atoms with Crippen molar-refractivity contribution in [1.29, 1.82) is 0 Å². The predicted molar refractivity (Wildman–Crippen MR) is 83.3 cm³/mol. The van der Waals surface area contributed by atoms with Crippen molar-refractivity contribution in [2.45, 2.75) is 6.42 Å². The summed E-state index contributed by atoms with van der Waals surface area (Å²) in [5, 5.41) is 0. The van der Waals surface area contributed by atoms with Gasteiger partial charge in [0.15, 0.2) is 0 Å². The topological polar surface area (TPSA) is 28.6 Å². The first-order valence-electron chi connectivity index (χ1n) is 7.49. The minimum absolute atomic E-state index is 0.769. The molecule has 0 atom stereocenters. The van der Waals surface area contributed by atoms with Crippen LogP contribution in [0.5, 0.6) is 11.6 Å². The van der Waals surface area contributed by atoms with Crippen molar-refractivity contribution in [2.75, 3.05) is 38.1 Å². The third-order valence-corrected chi connectivity index (χ3v) is 4.31. The summed E-state index contributed by atoms with van der Waals surface area (Å²) in [5.41, 5.74) is 2.41. The van der Waals surface area contributed by atoms with E-state index in [1.165, 1.54) is 11.1 Å². The molecule has 0 saturated carbocycles. The molecule has 4 heteroatoms. The molecule has 1 aromatic carbocycles. The van der Waals surface area contributed by atoms with Crippen LogP contribution in [0.25, 0.3) is 0 Å². The Labute approximate surface area is 125 Å². The second-order valence-corrected chi connectivity index (χ2v) is 5.81. The number of nitrogens with zero attached hydrogens (tertiary/aromatic N) is 3. The molecule has 0 spiro atoms. The highest BCUT2D eigenvalue weighted by Crippen LogP contribution is 2.36. The number of aromatic nitrogens is 1. The van der Waals surface area contributed by atoms with Crippen LogP contribution in [0, 0.1) is 0 Å². The summed E-state index contributed by atoms with van der Waals surface area (Å²) in [5.74, 6) is 2.74. The lowest BCUT2D eigenvalue weighted by Gasteiger charge is -2.33. The van der Waals surface area contributed by atoms with Gasteiger partial charge in [-0.2, -0.15) is 4.98 Å². The van der Waals surface area contributed by atoms with Gasteiger partial charge in [0, 0.05) is 38.2 Å². The summed E-state index contributed by atoms with van der Waals surface area (Å²) in [7, 11) is 2.16. The number of hydrogen-bond donors (Lipinski definition) is 0. The summed E-state index contributed by atoms with van der Waals surface area (Å²) in [6.45, 7) is 4.22. The maximum Gasteiger partial charge on any atom is 0.224 e. The van der Waals surface area contributed by atoms with Crippen LogP contribution < -0.4 is 9.64 Å². The fourth-order valence-corrected chi connectivity index (χ4v) is 2.95. The lowest BCUT2D eigenvalue weighted by Crippen LogP contribution is -2.44. The number of piperazine rings is 1. The van der Waals surface area contributed by atoms with E-state index in [-0.39, 0.29) is 0 Å². The molecule has 1 saturated heterocycles. The molecule has 0 N–H and O–H groups in total. The molecule has 2 aliphatic heterocycles. The second-order valence-electron chi connectivity index (χ2n) is 5.81. The number of rotatable bonds is 1. The normalized spacial score (nSPS) is 17.9. The quantitative estimate of drug-likeness (QED) is 0.685. The highest BCUT2D eigenvalue weighted by molar-refractivity contribution is 5.51. The molecule has 4 nitrogen and oxygen atoms in total. The van der Waals surface area contributed by atoms with Crippen molar-refractivity contribution >= 4 is 5.82 Å². The summed E-state index contributed by atoms with van der Waals surface area (Å²) in [6, 6.07) is 12.5. The maximum atomic E-state index is 5.98. The smallest absolute Gasteiger partial charge is 0.224 e. The highest BCUT2D eigenvalue weighted by Gasteiger charge is 2.21. The van der Waals surface area contributed by atoms with E-state index in [1.807, 2.05) is 12.1 Å². The monoisotopic (exact) mass is 281 g/mol. The van der Waals surface area contributed by atoms with Gasteiger partial charge in [0.1, 0.15) is 11.6 Å². The summed E-state index contributed by atoms with van der Waals surface area (Å²) in [4.78, 5) is 9.43. The number of para-hydroxylation sites is 1. The van der Waals surface area contributed by atoms with E-state index in [0.29, 0.717) is 0 Å². The molecule has 4 rings (SSSR count). The standard InChI is InChI=1S/C17H19N3O/c1-19-8-10-20(11-9-19)16-7-6-14-12-13-4-2-3-5-15(13)21-17(14)18-16/h2-7H,8-12H2,1H3. The van der Waals surface area contributed by atoms with Crippen LogP contribution in [0.15, 0.2) is 36.4 Å². The Kier molecular flexibility index (Phi) is 3.04. The maximum absolute atomic E-state index is 5.98. The molecule has 21 heavy (non-hydrogen) atoms. The van der Waals surface area contributed by atoms with Gasteiger partial charge < -0.3 is 14.5 Å².